The minimum absolute atomic E-state index is 0.157. The minimum atomic E-state index is -0.157. The highest BCUT2D eigenvalue weighted by Crippen LogP contribution is 2.26. The van der Waals surface area contributed by atoms with Crippen LogP contribution in [0.5, 0.6) is 0 Å². The Balaban J connectivity index is 1.90. The van der Waals surface area contributed by atoms with E-state index in [4.69, 9.17) is 0 Å². The van der Waals surface area contributed by atoms with Crippen molar-refractivity contribution in [3.8, 4) is 0 Å². The molecule has 1 aliphatic rings. The lowest BCUT2D eigenvalue weighted by molar-refractivity contribution is -0.121. The number of nitrogens with one attached hydrogen (secondary N) is 1. The van der Waals surface area contributed by atoms with Gasteiger partial charge >= 0.3 is 0 Å². The Labute approximate surface area is 111 Å². The van der Waals surface area contributed by atoms with Crippen molar-refractivity contribution in [1.82, 2.24) is 9.97 Å². The second kappa shape index (κ2) is 6.18. The monoisotopic (exact) mass is 266 g/mol. The quantitative estimate of drug-likeness (QED) is 0.671. The molecule has 98 valence electrons. The van der Waals surface area contributed by atoms with E-state index in [1.165, 1.54) is 37.1 Å². The van der Waals surface area contributed by atoms with Gasteiger partial charge in [0.05, 0.1) is 5.75 Å². The van der Waals surface area contributed by atoms with E-state index in [-0.39, 0.29) is 11.5 Å². The first kappa shape index (κ1) is 13.3. The molecule has 18 heavy (non-hydrogen) atoms. The SMILES string of the molecule is Cc1cc(=O)[nH]c(SCC(=O)C2CCCCC2)n1. The molecule has 2 rings (SSSR count). The standard InChI is InChI=1S/C13H18N2O2S/c1-9-7-12(17)15-13(14-9)18-8-11(16)10-5-3-2-4-6-10/h7,10H,2-6,8H2,1H3,(H,14,15,17). The lowest BCUT2D eigenvalue weighted by atomic mass is 9.87. The highest BCUT2D eigenvalue weighted by atomic mass is 32.2. The first-order chi connectivity index (χ1) is 8.65. The Morgan fingerprint density at radius 2 is 2.17 bits per heavy atom. The summed E-state index contributed by atoms with van der Waals surface area (Å²) in [5.41, 5.74) is 0.529. The average molecular weight is 266 g/mol. The number of carbonyl (C=O) groups excluding carboxylic acids is 1. The summed E-state index contributed by atoms with van der Waals surface area (Å²) in [6.07, 6.45) is 5.64. The van der Waals surface area contributed by atoms with Crippen LogP contribution in [0.4, 0.5) is 0 Å². The normalized spacial score (nSPS) is 16.7. The van der Waals surface area contributed by atoms with E-state index in [9.17, 15) is 9.59 Å². The molecule has 1 N–H and O–H groups in total. The molecule has 0 unspecified atom stereocenters. The topological polar surface area (TPSA) is 62.8 Å². The van der Waals surface area contributed by atoms with Crippen LogP contribution >= 0.6 is 11.8 Å². The number of ketones is 1. The van der Waals surface area contributed by atoms with Gasteiger partial charge in [0, 0.05) is 17.7 Å². The maximum atomic E-state index is 12.0. The Hall–Kier alpha value is -1.10. The number of H-pyrrole nitrogens is 1. The number of aromatic amines is 1. The molecule has 1 aromatic heterocycles. The van der Waals surface area contributed by atoms with E-state index in [1.54, 1.807) is 6.92 Å². The zero-order chi connectivity index (χ0) is 13.0. The van der Waals surface area contributed by atoms with Gasteiger partial charge in [-0.2, -0.15) is 0 Å². The average Bonchev–Trinajstić information content (AvgIpc) is 2.36. The van der Waals surface area contributed by atoms with Crippen LogP contribution in [0.3, 0.4) is 0 Å². The minimum Gasteiger partial charge on any atom is -0.301 e. The van der Waals surface area contributed by atoms with E-state index in [0.717, 1.165) is 12.8 Å². The maximum absolute atomic E-state index is 12.0. The molecule has 0 saturated heterocycles. The zero-order valence-corrected chi connectivity index (χ0v) is 11.4. The van der Waals surface area contributed by atoms with Gasteiger partial charge in [-0.1, -0.05) is 31.0 Å². The van der Waals surface area contributed by atoms with Crippen molar-refractivity contribution in [2.45, 2.75) is 44.2 Å². The fourth-order valence-electron chi connectivity index (χ4n) is 2.30. The summed E-state index contributed by atoms with van der Waals surface area (Å²) in [4.78, 5) is 30.1. The summed E-state index contributed by atoms with van der Waals surface area (Å²) in [5, 5.41) is 0.546. The molecule has 5 heteroatoms. The van der Waals surface area contributed by atoms with E-state index in [0.29, 0.717) is 22.4 Å². The largest absolute Gasteiger partial charge is 0.301 e. The molecule has 4 nitrogen and oxygen atoms in total. The molecule has 0 amide bonds. The Bertz CT molecular complexity index is 478. The van der Waals surface area contributed by atoms with E-state index < -0.39 is 0 Å². The fraction of sp³-hybridized carbons (Fsp3) is 0.615. The zero-order valence-electron chi connectivity index (χ0n) is 10.6. The van der Waals surface area contributed by atoms with Gasteiger partial charge in [-0.05, 0) is 19.8 Å². The van der Waals surface area contributed by atoms with Crippen molar-refractivity contribution in [3.63, 3.8) is 0 Å². The van der Waals surface area contributed by atoms with Gasteiger partial charge in [0.2, 0.25) is 0 Å². The number of nitrogens with zero attached hydrogens (tertiary/aromatic N) is 1. The van der Waals surface area contributed by atoms with Gasteiger partial charge in [-0.15, -0.1) is 0 Å². The van der Waals surface area contributed by atoms with E-state index in [2.05, 4.69) is 9.97 Å². The van der Waals surface area contributed by atoms with Crippen LogP contribution in [0.25, 0.3) is 0 Å². The molecule has 0 spiro atoms. The van der Waals surface area contributed by atoms with Gasteiger partial charge in [0.25, 0.3) is 5.56 Å². The van der Waals surface area contributed by atoms with Gasteiger partial charge in [-0.3, -0.25) is 9.59 Å². The molecule has 1 saturated carbocycles. The lowest BCUT2D eigenvalue weighted by Gasteiger charge is -2.19. The second-order valence-corrected chi connectivity index (χ2v) is 5.75. The van der Waals surface area contributed by atoms with Crippen LogP contribution < -0.4 is 5.56 Å². The number of Topliss-reactive ketones (excluding diaryl/α,β-unsaturated/α-hetero) is 1. The summed E-state index contributed by atoms with van der Waals surface area (Å²) in [6.45, 7) is 1.78. The third-order valence-electron chi connectivity index (χ3n) is 3.26. The smallest absolute Gasteiger partial charge is 0.251 e. The van der Waals surface area contributed by atoms with Gasteiger partial charge in [0.15, 0.2) is 5.16 Å². The molecular formula is C13H18N2O2S. The van der Waals surface area contributed by atoms with Crippen molar-refractivity contribution < 1.29 is 4.79 Å². The van der Waals surface area contributed by atoms with E-state index >= 15 is 0 Å². The van der Waals surface area contributed by atoms with Gasteiger partial charge < -0.3 is 4.98 Å². The number of thioether (sulfide) groups is 1. The number of rotatable bonds is 4. The summed E-state index contributed by atoms with van der Waals surface area (Å²) in [5.74, 6) is 0.934. The van der Waals surface area contributed by atoms with Crippen molar-refractivity contribution >= 4 is 17.5 Å². The number of hydrogen-bond acceptors (Lipinski definition) is 4. The van der Waals surface area contributed by atoms with Crippen molar-refractivity contribution in [1.29, 1.82) is 0 Å². The summed E-state index contributed by atoms with van der Waals surface area (Å²) in [7, 11) is 0. The number of aryl methyl sites for hydroxylation is 1. The summed E-state index contributed by atoms with van der Waals surface area (Å²) >= 11 is 1.33. The molecule has 1 aliphatic carbocycles. The molecule has 0 bridgehead atoms. The Morgan fingerprint density at radius 1 is 1.44 bits per heavy atom. The van der Waals surface area contributed by atoms with Gasteiger partial charge in [-0.25, -0.2) is 4.98 Å². The van der Waals surface area contributed by atoms with Gasteiger partial charge in [0.1, 0.15) is 5.78 Å². The maximum Gasteiger partial charge on any atom is 0.251 e. The molecule has 1 heterocycles. The van der Waals surface area contributed by atoms with Crippen LogP contribution in [0.2, 0.25) is 0 Å². The van der Waals surface area contributed by atoms with Crippen LogP contribution in [0.15, 0.2) is 16.0 Å². The van der Waals surface area contributed by atoms with Crippen LogP contribution in [0.1, 0.15) is 37.8 Å². The third kappa shape index (κ3) is 3.70. The first-order valence-electron chi connectivity index (χ1n) is 6.38. The highest BCUT2D eigenvalue weighted by molar-refractivity contribution is 7.99. The molecule has 1 fully saturated rings. The highest BCUT2D eigenvalue weighted by Gasteiger charge is 2.21. The summed E-state index contributed by atoms with van der Waals surface area (Å²) in [6, 6.07) is 1.45. The molecule has 1 aromatic rings. The van der Waals surface area contributed by atoms with Crippen molar-refractivity contribution in [2.24, 2.45) is 5.92 Å². The van der Waals surface area contributed by atoms with Crippen LogP contribution in [-0.4, -0.2) is 21.5 Å². The molecule has 0 aliphatic heterocycles. The Kier molecular flexibility index (Phi) is 4.58. The van der Waals surface area contributed by atoms with E-state index in [1.807, 2.05) is 0 Å². The van der Waals surface area contributed by atoms with Crippen molar-refractivity contribution in [3.05, 3.63) is 22.1 Å². The van der Waals surface area contributed by atoms with Crippen LogP contribution in [0, 0.1) is 12.8 Å². The molecule has 0 aromatic carbocycles. The lowest BCUT2D eigenvalue weighted by Crippen LogP contribution is -2.20. The Morgan fingerprint density at radius 3 is 2.83 bits per heavy atom. The molecule has 0 radical (unpaired) electrons. The number of carbonyl (C=O) groups is 1. The molecule has 0 atom stereocenters. The number of hydrogen-bond donors (Lipinski definition) is 1. The fourth-order valence-corrected chi connectivity index (χ4v) is 3.20. The molecular weight excluding hydrogens is 248 g/mol. The van der Waals surface area contributed by atoms with Crippen LogP contribution in [-0.2, 0) is 4.79 Å². The number of aromatic nitrogens is 2. The third-order valence-corrected chi connectivity index (χ3v) is 4.16. The van der Waals surface area contributed by atoms with Crippen molar-refractivity contribution in [2.75, 3.05) is 5.75 Å². The predicted molar refractivity (Wildman–Crippen MR) is 71.9 cm³/mol. The predicted octanol–water partition coefficient (Wildman–Crippen LogP) is 2.32. The first-order valence-corrected chi connectivity index (χ1v) is 7.37. The second-order valence-electron chi connectivity index (χ2n) is 4.78. The summed E-state index contributed by atoms with van der Waals surface area (Å²) < 4.78 is 0.